The fourth-order valence-electron chi connectivity index (χ4n) is 3.31. The minimum atomic E-state index is -1.37. The van der Waals surface area contributed by atoms with Crippen molar-refractivity contribution < 1.29 is 10.0 Å². The third kappa shape index (κ3) is 3.43. The zero-order valence-electron chi connectivity index (χ0n) is 12.7. The molecule has 1 aliphatic rings. The van der Waals surface area contributed by atoms with Crippen molar-refractivity contribution in [3.8, 4) is 0 Å². The van der Waals surface area contributed by atoms with Crippen molar-refractivity contribution in [2.75, 3.05) is 13.1 Å². The molecule has 1 fully saturated rings. The molecule has 20 heavy (non-hydrogen) atoms. The number of benzene rings is 1. The van der Waals surface area contributed by atoms with Crippen LogP contribution in [-0.2, 0) is 6.54 Å². The van der Waals surface area contributed by atoms with E-state index in [0.717, 1.165) is 25.2 Å². The van der Waals surface area contributed by atoms with Gasteiger partial charge in [0.05, 0.1) is 0 Å². The minimum absolute atomic E-state index is 0.534. The molecule has 0 spiro atoms. The van der Waals surface area contributed by atoms with Gasteiger partial charge in [0, 0.05) is 6.54 Å². The zero-order valence-corrected chi connectivity index (χ0v) is 12.7. The van der Waals surface area contributed by atoms with Crippen molar-refractivity contribution in [2.45, 2.75) is 46.1 Å². The molecule has 1 aliphatic heterocycles. The van der Waals surface area contributed by atoms with Gasteiger partial charge in [0.2, 0.25) is 0 Å². The van der Waals surface area contributed by atoms with E-state index < -0.39 is 7.12 Å². The Morgan fingerprint density at radius 3 is 2.25 bits per heavy atom. The van der Waals surface area contributed by atoms with Gasteiger partial charge in [-0.1, -0.05) is 51.0 Å². The number of nitrogens with zero attached hydrogens (tertiary/aromatic N) is 1. The Bertz CT molecular complexity index is 422. The predicted octanol–water partition coefficient (Wildman–Crippen LogP) is 1.77. The quantitative estimate of drug-likeness (QED) is 0.805. The van der Waals surface area contributed by atoms with Crippen LogP contribution >= 0.6 is 0 Å². The van der Waals surface area contributed by atoms with Crippen molar-refractivity contribution in [1.29, 1.82) is 0 Å². The van der Waals surface area contributed by atoms with Gasteiger partial charge < -0.3 is 10.0 Å². The summed E-state index contributed by atoms with van der Waals surface area (Å²) in [4.78, 5) is 2.44. The molecule has 0 radical (unpaired) electrons. The van der Waals surface area contributed by atoms with Crippen molar-refractivity contribution in [3.05, 3.63) is 29.8 Å². The predicted molar refractivity (Wildman–Crippen MR) is 83.8 cm³/mol. The van der Waals surface area contributed by atoms with E-state index in [1.807, 2.05) is 18.2 Å². The Hall–Kier alpha value is -0.835. The fraction of sp³-hybridized carbons (Fsp3) is 0.625. The monoisotopic (exact) mass is 275 g/mol. The molecule has 3 nitrogen and oxygen atoms in total. The highest BCUT2D eigenvalue weighted by molar-refractivity contribution is 6.59. The van der Waals surface area contributed by atoms with Gasteiger partial charge in [-0.2, -0.15) is 0 Å². The summed E-state index contributed by atoms with van der Waals surface area (Å²) in [5, 5.41) is 18.9. The Labute approximate surface area is 122 Å². The number of piperidine rings is 1. The van der Waals surface area contributed by atoms with Gasteiger partial charge in [0.25, 0.3) is 0 Å². The maximum atomic E-state index is 9.43. The van der Waals surface area contributed by atoms with E-state index in [2.05, 4.69) is 18.7 Å². The Morgan fingerprint density at radius 1 is 1.10 bits per heavy atom. The first kappa shape index (κ1) is 15.6. The molecule has 0 unspecified atom stereocenters. The van der Waals surface area contributed by atoms with Gasteiger partial charge in [-0.15, -0.1) is 0 Å². The van der Waals surface area contributed by atoms with Crippen LogP contribution in [-0.4, -0.2) is 35.2 Å². The van der Waals surface area contributed by atoms with Gasteiger partial charge in [0.1, 0.15) is 0 Å². The van der Waals surface area contributed by atoms with Crippen LogP contribution in [0.3, 0.4) is 0 Å². The van der Waals surface area contributed by atoms with Crippen LogP contribution in [0, 0.1) is 5.41 Å². The number of rotatable bonds is 5. The Morgan fingerprint density at radius 2 is 1.70 bits per heavy atom. The summed E-state index contributed by atoms with van der Waals surface area (Å²) in [6.07, 6.45) is 5.04. The van der Waals surface area contributed by atoms with E-state index in [0.29, 0.717) is 10.9 Å². The molecule has 0 saturated carbocycles. The molecule has 2 N–H and O–H groups in total. The van der Waals surface area contributed by atoms with Gasteiger partial charge in [-0.3, -0.25) is 4.90 Å². The maximum absolute atomic E-state index is 9.43. The first-order valence-corrected chi connectivity index (χ1v) is 7.76. The molecule has 0 atom stereocenters. The lowest BCUT2D eigenvalue weighted by Gasteiger charge is -2.41. The molecule has 0 amide bonds. The van der Waals surface area contributed by atoms with Crippen molar-refractivity contribution in [3.63, 3.8) is 0 Å². The van der Waals surface area contributed by atoms with Gasteiger partial charge in [0.15, 0.2) is 0 Å². The molecule has 110 valence electrons. The maximum Gasteiger partial charge on any atom is 0.488 e. The fourth-order valence-corrected chi connectivity index (χ4v) is 3.31. The summed E-state index contributed by atoms with van der Waals surface area (Å²) >= 11 is 0. The lowest BCUT2D eigenvalue weighted by molar-refractivity contribution is 0.0910. The smallest absolute Gasteiger partial charge is 0.423 e. The second-order valence-electron chi connectivity index (χ2n) is 6.06. The molecule has 0 bridgehead atoms. The normalized spacial score (nSPS) is 19.0. The van der Waals surface area contributed by atoms with Crippen LogP contribution in [0.15, 0.2) is 24.3 Å². The zero-order chi connectivity index (χ0) is 14.6. The summed E-state index contributed by atoms with van der Waals surface area (Å²) in [6, 6.07) is 7.61. The van der Waals surface area contributed by atoms with Crippen molar-refractivity contribution in [1.82, 2.24) is 4.90 Å². The van der Waals surface area contributed by atoms with Crippen LogP contribution in [0.1, 0.15) is 45.1 Å². The highest BCUT2D eigenvalue weighted by Gasteiger charge is 2.31. The highest BCUT2D eigenvalue weighted by Crippen LogP contribution is 2.38. The summed E-state index contributed by atoms with van der Waals surface area (Å²) in [5.41, 5.74) is 2.20. The van der Waals surface area contributed by atoms with Crippen LogP contribution in [0.5, 0.6) is 0 Å². The standard InChI is InChI=1S/C16H26BNO2/c1-3-16(4-2)9-11-18(12-10-16)13-14-7-5-6-8-15(14)17(19)20/h5-8,19-20H,3-4,9-13H2,1-2H3. The topological polar surface area (TPSA) is 43.7 Å². The third-order valence-corrected chi connectivity index (χ3v) is 5.14. The minimum Gasteiger partial charge on any atom is -0.423 e. The molecule has 2 rings (SSSR count). The number of hydrogen-bond donors (Lipinski definition) is 2. The summed E-state index contributed by atoms with van der Waals surface area (Å²) in [6.45, 7) is 7.64. The Balaban J connectivity index is 2.00. The molecule has 0 aromatic heterocycles. The van der Waals surface area contributed by atoms with Crippen molar-refractivity contribution >= 4 is 12.6 Å². The van der Waals surface area contributed by atoms with E-state index in [-0.39, 0.29) is 0 Å². The molecule has 4 heteroatoms. The number of likely N-dealkylation sites (tertiary alicyclic amines) is 1. The summed E-state index contributed by atoms with van der Waals surface area (Å²) in [7, 11) is -1.37. The average molecular weight is 275 g/mol. The summed E-state index contributed by atoms with van der Waals surface area (Å²) in [5.74, 6) is 0. The van der Waals surface area contributed by atoms with Crippen LogP contribution in [0.25, 0.3) is 0 Å². The molecular weight excluding hydrogens is 249 g/mol. The van der Waals surface area contributed by atoms with E-state index >= 15 is 0 Å². The van der Waals surface area contributed by atoms with Gasteiger partial charge in [-0.05, 0) is 42.4 Å². The van der Waals surface area contributed by atoms with E-state index in [4.69, 9.17) is 0 Å². The first-order chi connectivity index (χ1) is 9.60. The first-order valence-electron chi connectivity index (χ1n) is 7.76. The van der Waals surface area contributed by atoms with Gasteiger partial charge >= 0.3 is 7.12 Å². The van der Waals surface area contributed by atoms with E-state index in [9.17, 15) is 10.0 Å². The molecule has 1 aromatic rings. The van der Waals surface area contributed by atoms with Gasteiger partial charge in [-0.25, -0.2) is 0 Å². The third-order valence-electron chi connectivity index (χ3n) is 5.14. The summed E-state index contributed by atoms with van der Waals surface area (Å²) < 4.78 is 0. The molecule has 1 saturated heterocycles. The average Bonchev–Trinajstić information content (AvgIpc) is 2.49. The van der Waals surface area contributed by atoms with Crippen LogP contribution in [0.4, 0.5) is 0 Å². The second kappa shape index (κ2) is 6.75. The number of hydrogen-bond acceptors (Lipinski definition) is 3. The van der Waals surface area contributed by atoms with Crippen LogP contribution in [0.2, 0.25) is 0 Å². The lowest BCUT2D eigenvalue weighted by atomic mass is 9.73. The second-order valence-corrected chi connectivity index (χ2v) is 6.06. The molecule has 0 aliphatic carbocycles. The lowest BCUT2D eigenvalue weighted by Crippen LogP contribution is -2.41. The van der Waals surface area contributed by atoms with E-state index in [1.54, 1.807) is 6.07 Å². The Kier molecular flexibility index (Phi) is 5.25. The van der Waals surface area contributed by atoms with E-state index in [1.165, 1.54) is 25.7 Å². The largest absolute Gasteiger partial charge is 0.488 e. The molecular formula is C16H26BNO2. The van der Waals surface area contributed by atoms with Crippen LogP contribution < -0.4 is 5.46 Å². The SMILES string of the molecule is CCC1(CC)CCN(Cc2ccccc2B(O)O)CC1. The molecule has 1 aromatic carbocycles. The highest BCUT2D eigenvalue weighted by atomic mass is 16.4. The van der Waals surface area contributed by atoms with Crippen molar-refractivity contribution in [2.24, 2.45) is 5.41 Å². The molecule has 1 heterocycles.